The van der Waals surface area contributed by atoms with Gasteiger partial charge in [-0.1, -0.05) is 11.6 Å². The van der Waals surface area contributed by atoms with Crippen LogP contribution < -0.4 is 0 Å². The first kappa shape index (κ1) is 13.1. The van der Waals surface area contributed by atoms with E-state index in [9.17, 15) is 13.2 Å². The summed E-state index contributed by atoms with van der Waals surface area (Å²) in [7, 11) is -2.99. The highest BCUT2D eigenvalue weighted by Crippen LogP contribution is 2.19. The minimum atomic E-state index is -2.99. The van der Waals surface area contributed by atoms with Crippen LogP contribution in [0.2, 0.25) is 0 Å². The Balaban J connectivity index is 1.91. The van der Waals surface area contributed by atoms with Gasteiger partial charge >= 0.3 is 0 Å². The number of sulfone groups is 1. The van der Waals surface area contributed by atoms with E-state index in [1.54, 1.807) is 4.90 Å². The van der Waals surface area contributed by atoms with Crippen molar-refractivity contribution in [3.8, 4) is 0 Å². The number of hydrogen-bond donors (Lipinski definition) is 1. The highest BCUT2D eigenvalue weighted by atomic mass is 32.2. The third-order valence-electron chi connectivity index (χ3n) is 3.55. The molecule has 0 atom stereocenters. The number of fused-ring (bicyclic) bond motifs is 1. The lowest BCUT2D eigenvalue weighted by molar-refractivity contribution is 0.0766. The highest BCUT2D eigenvalue weighted by Gasteiger charge is 2.27. The second-order valence-corrected chi connectivity index (χ2v) is 7.37. The molecule has 0 bridgehead atoms. The fraction of sp³-hybridized carbons (Fsp3) is 0.385. The van der Waals surface area contributed by atoms with Gasteiger partial charge < -0.3 is 4.90 Å². The fourth-order valence-corrected chi connectivity index (χ4v) is 3.56. The van der Waals surface area contributed by atoms with E-state index in [-0.39, 0.29) is 30.5 Å². The van der Waals surface area contributed by atoms with E-state index >= 15 is 0 Å². The molecule has 20 heavy (non-hydrogen) atoms. The number of aromatic amines is 1. The van der Waals surface area contributed by atoms with E-state index in [1.165, 1.54) is 0 Å². The summed E-state index contributed by atoms with van der Waals surface area (Å²) < 4.78 is 22.8. The predicted octanol–water partition coefficient (Wildman–Crippen LogP) is 0.742. The van der Waals surface area contributed by atoms with Crippen LogP contribution in [0.1, 0.15) is 16.1 Å². The number of carbonyl (C=O) groups excluding carboxylic acids is 1. The van der Waals surface area contributed by atoms with Gasteiger partial charge in [-0.2, -0.15) is 5.10 Å². The lowest BCUT2D eigenvalue weighted by atomic mass is 10.1. The van der Waals surface area contributed by atoms with Crippen molar-refractivity contribution in [1.82, 2.24) is 15.1 Å². The zero-order chi connectivity index (χ0) is 14.3. The summed E-state index contributed by atoms with van der Waals surface area (Å²) in [5.74, 6) is -0.156. The Bertz CT molecular complexity index is 765. The molecular weight excluding hydrogens is 278 g/mol. The third kappa shape index (κ3) is 2.29. The molecule has 1 amide bonds. The van der Waals surface area contributed by atoms with Crippen molar-refractivity contribution < 1.29 is 13.2 Å². The summed E-state index contributed by atoms with van der Waals surface area (Å²) in [6.07, 6.45) is 0. The number of aryl methyl sites for hydroxylation is 1. The maximum Gasteiger partial charge on any atom is 0.275 e. The normalized spacial score (nSPS) is 18.4. The number of carbonyl (C=O) groups is 1. The molecule has 0 saturated carbocycles. The van der Waals surface area contributed by atoms with Gasteiger partial charge in [0.2, 0.25) is 0 Å². The molecule has 1 aromatic carbocycles. The number of hydrogen-bond acceptors (Lipinski definition) is 4. The van der Waals surface area contributed by atoms with Crippen LogP contribution in [-0.4, -0.2) is 54.0 Å². The van der Waals surface area contributed by atoms with E-state index < -0.39 is 9.84 Å². The molecule has 7 heteroatoms. The number of aromatic nitrogens is 2. The summed E-state index contributed by atoms with van der Waals surface area (Å²) in [5.41, 5.74) is 2.22. The molecule has 106 valence electrons. The van der Waals surface area contributed by atoms with Crippen molar-refractivity contribution in [3.63, 3.8) is 0 Å². The second kappa shape index (κ2) is 4.59. The second-order valence-electron chi connectivity index (χ2n) is 5.07. The van der Waals surface area contributed by atoms with Crippen LogP contribution in [0.5, 0.6) is 0 Å². The zero-order valence-electron chi connectivity index (χ0n) is 11.1. The smallest absolute Gasteiger partial charge is 0.275 e. The Labute approximate surface area is 116 Å². The Hall–Kier alpha value is -1.89. The van der Waals surface area contributed by atoms with Crippen LogP contribution in [0.4, 0.5) is 0 Å². The fourth-order valence-electron chi connectivity index (χ4n) is 2.36. The van der Waals surface area contributed by atoms with Gasteiger partial charge in [-0.15, -0.1) is 0 Å². The number of amides is 1. The van der Waals surface area contributed by atoms with E-state index in [1.807, 2.05) is 25.1 Å². The van der Waals surface area contributed by atoms with Crippen molar-refractivity contribution in [2.75, 3.05) is 24.6 Å². The summed E-state index contributed by atoms with van der Waals surface area (Å²) in [6.45, 7) is 2.43. The molecule has 1 aromatic heterocycles. The molecule has 1 aliphatic rings. The van der Waals surface area contributed by atoms with Gasteiger partial charge in [0, 0.05) is 18.5 Å². The van der Waals surface area contributed by atoms with Crippen molar-refractivity contribution in [2.24, 2.45) is 0 Å². The lowest BCUT2D eigenvalue weighted by Crippen LogP contribution is -2.43. The SMILES string of the molecule is Cc1ccc2[nH]nc(C(=O)N3CCS(=O)(=O)CC3)c2c1. The third-order valence-corrected chi connectivity index (χ3v) is 5.16. The Morgan fingerprint density at radius 2 is 2.00 bits per heavy atom. The molecule has 1 saturated heterocycles. The summed E-state index contributed by atoms with van der Waals surface area (Å²) in [5, 5.41) is 7.70. The summed E-state index contributed by atoms with van der Waals surface area (Å²) in [4.78, 5) is 14.0. The average molecular weight is 293 g/mol. The molecule has 0 radical (unpaired) electrons. The summed E-state index contributed by atoms with van der Waals surface area (Å²) >= 11 is 0. The molecule has 2 aromatic rings. The van der Waals surface area contributed by atoms with Gasteiger partial charge in [-0.3, -0.25) is 9.89 Å². The first-order valence-corrected chi connectivity index (χ1v) is 8.23. The number of H-pyrrole nitrogens is 1. The molecule has 3 rings (SSSR count). The predicted molar refractivity (Wildman–Crippen MR) is 75.4 cm³/mol. The van der Waals surface area contributed by atoms with Gasteiger partial charge in [0.15, 0.2) is 15.5 Å². The van der Waals surface area contributed by atoms with Crippen molar-refractivity contribution >= 4 is 26.6 Å². The Kier molecular flexibility index (Phi) is 3.01. The number of nitrogens with zero attached hydrogens (tertiary/aromatic N) is 2. The number of nitrogens with one attached hydrogen (secondary N) is 1. The number of benzene rings is 1. The maximum absolute atomic E-state index is 12.4. The van der Waals surface area contributed by atoms with Crippen LogP contribution >= 0.6 is 0 Å². The topological polar surface area (TPSA) is 83.1 Å². The standard InChI is InChI=1S/C13H15N3O3S/c1-9-2-3-11-10(8-9)12(15-14-11)13(17)16-4-6-20(18,19)7-5-16/h2-3,8H,4-7H2,1H3,(H,14,15). The van der Waals surface area contributed by atoms with Gasteiger partial charge in [0.05, 0.1) is 17.0 Å². The molecule has 1 fully saturated rings. The zero-order valence-corrected chi connectivity index (χ0v) is 11.9. The van der Waals surface area contributed by atoms with E-state index in [0.29, 0.717) is 5.69 Å². The Morgan fingerprint density at radius 1 is 1.30 bits per heavy atom. The van der Waals surface area contributed by atoms with Gasteiger partial charge in [0.1, 0.15) is 0 Å². The molecule has 1 N–H and O–H groups in total. The van der Waals surface area contributed by atoms with Gasteiger partial charge in [-0.05, 0) is 19.1 Å². The molecule has 6 nitrogen and oxygen atoms in total. The van der Waals surface area contributed by atoms with Gasteiger partial charge in [0.25, 0.3) is 5.91 Å². The number of rotatable bonds is 1. The molecule has 0 unspecified atom stereocenters. The van der Waals surface area contributed by atoms with Crippen LogP contribution in [0.25, 0.3) is 10.9 Å². The van der Waals surface area contributed by atoms with Crippen LogP contribution in [-0.2, 0) is 9.84 Å². The van der Waals surface area contributed by atoms with E-state index in [4.69, 9.17) is 0 Å². The van der Waals surface area contributed by atoms with E-state index in [2.05, 4.69) is 10.2 Å². The Morgan fingerprint density at radius 3 is 2.70 bits per heavy atom. The van der Waals surface area contributed by atoms with Gasteiger partial charge in [-0.25, -0.2) is 8.42 Å². The first-order valence-electron chi connectivity index (χ1n) is 6.41. The summed E-state index contributed by atoms with van der Waals surface area (Å²) in [6, 6.07) is 5.74. The maximum atomic E-state index is 12.4. The molecule has 0 spiro atoms. The molecule has 2 heterocycles. The monoisotopic (exact) mass is 293 g/mol. The van der Waals surface area contributed by atoms with Crippen molar-refractivity contribution in [2.45, 2.75) is 6.92 Å². The largest absolute Gasteiger partial charge is 0.335 e. The van der Waals surface area contributed by atoms with Crippen LogP contribution in [0.3, 0.4) is 0 Å². The molecular formula is C13H15N3O3S. The minimum Gasteiger partial charge on any atom is -0.335 e. The highest BCUT2D eigenvalue weighted by molar-refractivity contribution is 7.91. The molecule has 1 aliphatic heterocycles. The molecule has 0 aliphatic carbocycles. The minimum absolute atomic E-state index is 0.0279. The van der Waals surface area contributed by atoms with Crippen LogP contribution in [0.15, 0.2) is 18.2 Å². The van der Waals surface area contributed by atoms with Crippen LogP contribution in [0, 0.1) is 6.92 Å². The first-order chi connectivity index (χ1) is 9.46. The average Bonchev–Trinajstić information content (AvgIpc) is 2.81. The lowest BCUT2D eigenvalue weighted by Gasteiger charge is -2.26. The quantitative estimate of drug-likeness (QED) is 0.840. The van der Waals surface area contributed by atoms with Crippen molar-refractivity contribution in [1.29, 1.82) is 0 Å². The van der Waals surface area contributed by atoms with Crippen molar-refractivity contribution in [3.05, 3.63) is 29.5 Å². The van der Waals surface area contributed by atoms with E-state index in [0.717, 1.165) is 16.5 Å².